The molecule has 1 aliphatic heterocycles. The Morgan fingerprint density at radius 2 is 1.52 bits per heavy atom. The number of carbonyl (C=O) groups is 3. The number of anilines is 2. The standard InChI is InChI=1S/C26H29N3O4/c1-18-8-2-7-13-23(18)28-14-16-29(17-15-28)25(31)21-11-5-6-12-22(21)27-24(30)19-9-3-4-10-20(19)26(32)33/h2-8,11-13,19-20H,9-10,14-17H2,1H3,(H,27,30)(H,32,33)/t19-,20-/m1/s1. The van der Waals surface area contributed by atoms with Gasteiger partial charge in [0.05, 0.1) is 23.1 Å². The van der Waals surface area contributed by atoms with Crippen molar-refractivity contribution in [1.82, 2.24) is 4.90 Å². The zero-order valence-electron chi connectivity index (χ0n) is 18.7. The van der Waals surface area contributed by atoms with Gasteiger partial charge in [0.2, 0.25) is 5.91 Å². The number of carbonyl (C=O) groups excluding carboxylic acids is 2. The lowest BCUT2D eigenvalue weighted by Gasteiger charge is -2.37. The zero-order valence-corrected chi connectivity index (χ0v) is 18.7. The van der Waals surface area contributed by atoms with E-state index in [-0.39, 0.29) is 11.8 Å². The first-order valence-electron chi connectivity index (χ1n) is 11.3. The Labute approximate surface area is 193 Å². The van der Waals surface area contributed by atoms with Gasteiger partial charge in [0, 0.05) is 31.9 Å². The van der Waals surface area contributed by atoms with Crippen LogP contribution >= 0.6 is 0 Å². The molecule has 2 aromatic rings. The summed E-state index contributed by atoms with van der Waals surface area (Å²) in [5.74, 6) is -2.89. The molecule has 2 amide bonds. The number of nitrogens with one attached hydrogen (secondary N) is 1. The summed E-state index contributed by atoms with van der Waals surface area (Å²) in [5.41, 5.74) is 3.25. The number of hydrogen-bond donors (Lipinski definition) is 2. The molecule has 0 saturated carbocycles. The fourth-order valence-corrected chi connectivity index (χ4v) is 4.62. The number of carboxylic acid groups (broad SMARTS) is 1. The highest BCUT2D eigenvalue weighted by atomic mass is 16.4. The molecule has 7 heteroatoms. The molecule has 2 atom stereocenters. The highest BCUT2D eigenvalue weighted by Crippen LogP contribution is 2.28. The number of nitrogens with zero attached hydrogens (tertiary/aromatic N) is 2. The maximum absolute atomic E-state index is 13.3. The third-order valence-electron chi connectivity index (χ3n) is 6.52. The first-order valence-corrected chi connectivity index (χ1v) is 11.3. The van der Waals surface area contributed by atoms with E-state index in [9.17, 15) is 19.5 Å². The SMILES string of the molecule is Cc1ccccc1N1CCN(C(=O)c2ccccc2NC(=O)[C@@H]2CC=CC[C@H]2C(=O)O)CC1. The third kappa shape index (κ3) is 4.92. The molecular formula is C26H29N3O4. The topological polar surface area (TPSA) is 90.0 Å². The van der Waals surface area contributed by atoms with Crippen LogP contribution in [0.25, 0.3) is 0 Å². The molecule has 1 saturated heterocycles. The smallest absolute Gasteiger partial charge is 0.307 e. The largest absolute Gasteiger partial charge is 0.481 e. The van der Waals surface area contributed by atoms with E-state index < -0.39 is 17.8 Å². The molecule has 0 radical (unpaired) electrons. The second-order valence-electron chi connectivity index (χ2n) is 8.59. The molecule has 1 heterocycles. The lowest BCUT2D eigenvalue weighted by atomic mass is 9.82. The van der Waals surface area contributed by atoms with Crippen molar-refractivity contribution in [2.45, 2.75) is 19.8 Å². The Balaban J connectivity index is 1.45. The van der Waals surface area contributed by atoms with Gasteiger partial charge in [0.1, 0.15) is 0 Å². The molecule has 2 N–H and O–H groups in total. The van der Waals surface area contributed by atoms with Crippen LogP contribution in [0.3, 0.4) is 0 Å². The molecule has 33 heavy (non-hydrogen) atoms. The Morgan fingerprint density at radius 1 is 0.879 bits per heavy atom. The summed E-state index contributed by atoms with van der Waals surface area (Å²) >= 11 is 0. The van der Waals surface area contributed by atoms with Crippen LogP contribution in [0.2, 0.25) is 0 Å². The molecular weight excluding hydrogens is 418 g/mol. The minimum atomic E-state index is -0.976. The minimum absolute atomic E-state index is 0.131. The van der Waals surface area contributed by atoms with Gasteiger partial charge in [-0.15, -0.1) is 0 Å². The van der Waals surface area contributed by atoms with Crippen molar-refractivity contribution in [2.75, 3.05) is 36.4 Å². The summed E-state index contributed by atoms with van der Waals surface area (Å²) in [5, 5.41) is 12.3. The van der Waals surface area contributed by atoms with E-state index in [4.69, 9.17) is 0 Å². The molecule has 7 nitrogen and oxygen atoms in total. The van der Waals surface area contributed by atoms with Crippen molar-refractivity contribution in [3.63, 3.8) is 0 Å². The van der Waals surface area contributed by atoms with E-state index in [0.717, 1.165) is 13.1 Å². The normalized spacial score (nSPS) is 20.4. The van der Waals surface area contributed by atoms with E-state index in [1.54, 1.807) is 30.3 Å². The van der Waals surface area contributed by atoms with E-state index in [0.29, 0.717) is 37.2 Å². The Kier molecular flexibility index (Phi) is 6.77. The number of allylic oxidation sites excluding steroid dienone is 2. The van der Waals surface area contributed by atoms with Crippen LogP contribution in [-0.2, 0) is 9.59 Å². The molecule has 1 fully saturated rings. The second kappa shape index (κ2) is 9.90. The first kappa shape index (κ1) is 22.6. The second-order valence-corrected chi connectivity index (χ2v) is 8.59. The van der Waals surface area contributed by atoms with Gasteiger partial charge in [0.25, 0.3) is 5.91 Å². The van der Waals surface area contributed by atoms with E-state index >= 15 is 0 Å². The average molecular weight is 448 g/mol. The maximum atomic E-state index is 13.3. The van der Waals surface area contributed by atoms with Crippen molar-refractivity contribution in [3.05, 3.63) is 71.8 Å². The molecule has 2 aromatic carbocycles. The third-order valence-corrected chi connectivity index (χ3v) is 6.52. The number of aliphatic carboxylic acids is 1. The van der Waals surface area contributed by atoms with E-state index in [1.807, 2.05) is 23.1 Å². The number of aryl methyl sites for hydroxylation is 1. The Bertz CT molecular complexity index is 1070. The minimum Gasteiger partial charge on any atom is -0.481 e. The van der Waals surface area contributed by atoms with Gasteiger partial charge in [-0.25, -0.2) is 0 Å². The fraction of sp³-hybridized carbons (Fsp3) is 0.346. The van der Waals surface area contributed by atoms with Crippen molar-refractivity contribution in [1.29, 1.82) is 0 Å². The predicted molar refractivity (Wildman–Crippen MR) is 127 cm³/mol. The van der Waals surface area contributed by atoms with Gasteiger partial charge < -0.3 is 20.2 Å². The van der Waals surface area contributed by atoms with E-state index in [2.05, 4.69) is 29.3 Å². The summed E-state index contributed by atoms with van der Waals surface area (Å²) in [6.07, 6.45) is 4.35. The molecule has 4 rings (SSSR count). The highest BCUT2D eigenvalue weighted by molar-refractivity contribution is 6.04. The summed E-state index contributed by atoms with van der Waals surface area (Å²) in [6.45, 7) is 4.73. The van der Waals surface area contributed by atoms with Crippen LogP contribution in [0.15, 0.2) is 60.7 Å². The van der Waals surface area contributed by atoms with Crippen molar-refractivity contribution in [3.8, 4) is 0 Å². The number of amides is 2. The predicted octanol–water partition coefficient (Wildman–Crippen LogP) is 3.56. The lowest BCUT2D eigenvalue weighted by Crippen LogP contribution is -2.49. The van der Waals surface area contributed by atoms with Crippen LogP contribution in [0, 0.1) is 18.8 Å². The van der Waals surface area contributed by atoms with Gasteiger partial charge in [-0.1, -0.05) is 42.5 Å². The van der Waals surface area contributed by atoms with Crippen molar-refractivity contribution in [2.24, 2.45) is 11.8 Å². The van der Waals surface area contributed by atoms with E-state index in [1.165, 1.54) is 11.3 Å². The zero-order chi connectivity index (χ0) is 23.4. The number of carboxylic acids is 1. The van der Waals surface area contributed by atoms with Gasteiger partial charge in [-0.2, -0.15) is 0 Å². The first-order chi connectivity index (χ1) is 16.0. The number of benzene rings is 2. The summed E-state index contributed by atoms with van der Waals surface area (Å²) in [6, 6.07) is 15.2. The van der Waals surface area contributed by atoms with Crippen molar-refractivity contribution < 1.29 is 19.5 Å². The molecule has 172 valence electrons. The number of rotatable bonds is 5. The monoisotopic (exact) mass is 447 g/mol. The van der Waals surface area contributed by atoms with Gasteiger partial charge in [-0.05, 0) is 43.5 Å². The number of hydrogen-bond acceptors (Lipinski definition) is 4. The maximum Gasteiger partial charge on any atom is 0.307 e. The van der Waals surface area contributed by atoms with Crippen LogP contribution in [0.1, 0.15) is 28.8 Å². The number of piperazine rings is 1. The number of para-hydroxylation sites is 2. The van der Waals surface area contributed by atoms with Gasteiger partial charge in [0.15, 0.2) is 0 Å². The summed E-state index contributed by atoms with van der Waals surface area (Å²) in [4.78, 5) is 41.9. The van der Waals surface area contributed by atoms with Gasteiger partial charge in [-0.3, -0.25) is 14.4 Å². The summed E-state index contributed by atoms with van der Waals surface area (Å²) in [7, 11) is 0. The lowest BCUT2D eigenvalue weighted by molar-refractivity contribution is -0.146. The fourth-order valence-electron chi connectivity index (χ4n) is 4.62. The van der Waals surface area contributed by atoms with Crippen LogP contribution in [-0.4, -0.2) is 54.0 Å². The van der Waals surface area contributed by atoms with Gasteiger partial charge >= 0.3 is 5.97 Å². The molecule has 0 aromatic heterocycles. The van der Waals surface area contributed by atoms with Crippen LogP contribution in [0.4, 0.5) is 11.4 Å². The molecule has 0 bridgehead atoms. The quantitative estimate of drug-likeness (QED) is 0.684. The molecule has 0 spiro atoms. The van der Waals surface area contributed by atoms with Crippen LogP contribution in [0.5, 0.6) is 0 Å². The Morgan fingerprint density at radius 3 is 2.21 bits per heavy atom. The molecule has 1 aliphatic carbocycles. The molecule has 2 aliphatic rings. The van der Waals surface area contributed by atoms with Crippen LogP contribution < -0.4 is 10.2 Å². The molecule has 0 unspecified atom stereocenters. The summed E-state index contributed by atoms with van der Waals surface area (Å²) < 4.78 is 0. The highest BCUT2D eigenvalue weighted by Gasteiger charge is 2.34. The Hall–Kier alpha value is -3.61. The average Bonchev–Trinajstić information content (AvgIpc) is 2.84. The van der Waals surface area contributed by atoms with Crippen molar-refractivity contribution >= 4 is 29.2 Å².